The molecule has 1 heterocycles. The first kappa shape index (κ1) is 17.9. The zero-order valence-electron chi connectivity index (χ0n) is 10.7. The highest BCUT2D eigenvalue weighted by molar-refractivity contribution is 6.28. The molecule has 0 saturated heterocycles. The Morgan fingerprint density at radius 3 is 2.26 bits per heavy atom. The third-order valence-corrected chi connectivity index (χ3v) is 1.81. The molecule has 0 atom stereocenters. The van der Waals surface area contributed by atoms with Crippen LogP contribution in [0.5, 0.6) is 5.88 Å². The van der Waals surface area contributed by atoms with Crippen LogP contribution in [-0.4, -0.2) is 28.3 Å². The zero-order chi connectivity index (χ0) is 14.9. The fourth-order valence-corrected chi connectivity index (χ4v) is 0.997. The lowest BCUT2D eigenvalue weighted by Crippen LogP contribution is -2.10. The van der Waals surface area contributed by atoms with Crippen molar-refractivity contribution in [3.8, 4) is 5.88 Å². The van der Waals surface area contributed by atoms with E-state index in [9.17, 15) is 13.2 Å². The summed E-state index contributed by atoms with van der Waals surface area (Å²) in [7, 11) is 0. The molecule has 1 aromatic heterocycles. The fraction of sp³-hybridized carbons (Fsp3) is 0.636. The highest BCUT2D eigenvalue weighted by Gasteiger charge is 2.33. The molecule has 110 valence electrons. The van der Waals surface area contributed by atoms with Gasteiger partial charge in [0, 0.05) is 12.7 Å². The van der Waals surface area contributed by atoms with Crippen molar-refractivity contribution in [3.63, 3.8) is 0 Å². The number of hydrogen-bond donors (Lipinski definition) is 1. The highest BCUT2D eigenvalue weighted by atomic mass is 35.5. The van der Waals surface area contributed by atoms with Crippen LogP contribution >= 0.6 is 11.6 Å². The van der Waals surface area contributed by atoms with E-state index in [0.29, 0.717) is 13.0 Å². The SMILES string of the molecule is CCCO.CCCOc1cc(C(F)(F)F)nc(Cl)n1. The van der Waals surface area contributed by atoms with E-state index >= 15 is 0 Å². The van der Waals surface area contributed by atoms with Crippen molar-refractivity contribution in [3.05, 3.63) is 17.0 Å². The molecule has 1 rings (SSSR count). The summed E-state index contributed by atoms with van der Waals surface area (Å²) in [6, 6.07) is 0.724. The number of ether oxygens (including phenoxy) is 1. The van der Waals surface area contributed by atoms with Gasteiger partial charge < -0.3 is 9.84 Å². The Morgan fingerprint density at radius 2 is 1.84 bits per heavy atom. The molecule has 0 aromatic carbocycles. The van der Waals surface area contributed by atoms with Gasteiger partial charge in [0.1, 0.15) is 0 Å². The molecule has 0 fully saturated rings. The Balaban J connectivity index is 0.000000711. The van der Waals surface area contributed by atoms with Crippen molar-refractivity contribution >= 4 is 11.6 Å². The summed E-state index contributed by atoms with van der Waals surface area (Å²) in [6.07, 6.45) is -3.00. The molecular weight excluding hydrogens is 285 g/mol. The predicted molar refractivity (Wildman–Crippen MR) is 65.2 cm³/mol. The topological polar surface area (TPSA) is 55.2 Å². The number of hydrogen-bond acceptors (Lipinski definition) is 4. The van der Waals surface area contributed by atoms with E-state index < -0.39 is 17.2 Å². The molecule has 1 aromatic rings. The van der Waals surface area contributed by atoms with Crippen LogP contribution in [0.3, 0.4) is 0 Å². The maximum atomic E-state index is 12.3. The van der Waals surface area contributed by atoms with Gasteiger partial charge in [0.2, 0.25) is 11.2 Å². The van der Waals surface area contributed by atoms with Gasteiger partial charge in [-0.15, -0.1) is 0 Å². The summed E-state index contributed by atoms with van der Waals surface area (Å²) in [5.41, 5.74) is -1.10. The number of aliphatic hydroxyl groups excluding tert-OH is 1. The van der Waals surface area contributed by atoms with Gasteiger partial charge in [0.15, 0.2) is 5.69 Å². The highest BCUT2D eigenvalue weighted by Crippen LogP contribution is 2.30. The van der Waals surface area contributed by atoms with Crippen LogP contribution in [0.4, 0.5) is 13.2 Å². The molecule has 0 aliphatic rings. The lowest BCUT2D eigenvalue weighted by molar-refractivity contribution is -0.141. The van der Waals surface area contributed by atoms with Gasteiger partial charge in [-0.3, -0.25) is 0 Å². The minimum atomic E-state index is -4.54. The van der Waals surface area contributed by atoms with E-state index in [1.54, 1.807) is 0 Å². The van der Waals surface area contributed by atoms with E-state index in [-0.39, 0.29) is 12.5 Å². The monoisotopic (exact) mass is 300 g/mol. The van der Waals surface area contributed by atoms with Crippen LogP contribution in [-0.2, 0) is 6.18 Å². The number of aliphatic hydroxyl groups is 1. The Hall–Kier alpha value is -1.08. The van der Waals surface area contributed by atoms with Gasteiger partial charge in [-0.05, 0) is 24.4 Å². The first-order valence-corrected chi connectivity index (χ1v) is 6.08. The van der Waals surface area contributed by atoms with E-state index in [1.807, 2.05) is 13.8 Å². The normalized spacial score (nSPS) is 10.7. The van der Waals surface area contributed by atoms with Crippen molar-refractivity contribution in [2.24, 2.45) is 0 Å². The number of aromatic nitrogens is 2. The molecule has 1 N–H and O–H groups in total. The maximum Gasteiger partial charge on any atom is 0.433 e. The summed E-state index contributed by atoms with van der Waals surface area (Å²) in [4.78, 5) is 6.58. The minimum absolute atomic E-state index is 0.163. The van der Waals surface area contributed by atoms with E-state index in [2.05, 4.69) is 9.97 Å². The van der Waals surface area contributed by atoms with Crippen LogP contribution in [0.15, 0.2) is 6.07 Å². The van der Waals surface area contributed by atoms with Gasteiger partial charge in [0.25, 0.3) is 0 Å². The molecule has 0 amide bonds. The number of rotatable bonds is 4. The summed E-state index contributed by atoms with van der Waals surface area (Å²) in [6.45, 7) is 4.36. The lowest BCUT2D eigenvalue weighted by Gasteiger charge is -2.08. The predicted octanol–water partition coefficient (Wildman–Crippen LogP) is 3.33. The number of nitrogens with zero attached hydrogens (tertiary/aromatic N) is 2. The Labute approximate surface area is 114 Å². The van der Waals surface area contributed by atoms with Crippen LogP contribution in [0.2, 0.25) is 5.28 Å². The maximum absolute atomic E-state index is 12.3. The smallest absolute Gasteiger partial charge is 0.433 e. The Kier molecular flexibility index (Phi) is 8.42. The summed E-state index contributed by atoms with van der Waals surface area (Å²) in [5.74, 6) is -0.163. The van der Waals surface area contributed by atoms with Crippen LogP contribution in [0.1, 0.15) is 32.4 Å². The van der Waals surface area contributed by atoms with E-state index in [1.165, 1.54) is 0 Å². The largest absolute Gasteiger partial charge is 0.478 e. The fourth-order valence-electron chi connectivity index (χ4n) is 0.823. The number of alkyl halides is 3. The van der Waals surface area contributed by atoms with Crippen molar-refractivity contribution in [2.75, 3.05) is 13.2 Å². The van der Waals surface area contributed by atoms with Crippen molar-refractivity contribution < 1.29 is 23.0 Å². The van der Waals surface area contributed by atoms with Crippen LogP contribution in [0, 0.1) is 0 Å². The first-order chi connectivity index (χ1) is 8.85. The quantitative estimate of drug-likeness (QED) is 0.867. The average Bonchev–Trinajstić information content (AvgIpc) is 2.35. The molecule has 0 spiro atoms. The average molecular weight is 301 g/mol. The Morgan fingerprint density at radius 1 is 1.26 bits per heavy atom. The van der Waals surface area contributed by atoms with E-state index in [0.717, 1.165) is 12.5 Å². The van der Waals surface area contributed by atoms with Crippen molar-refractivity contribution in [1.29, 1.82) is 0 Å². The third kappa shape index (κ3) is 7.84. The number of halogens is 4. The molecular formula is C11H16ClF3N2O2. The van der Waals surface area contributed by atoms with Gasteiger partial charge in [0.05, 0.1) is 6.61 Å². The summed E-state index contributed by atoms with van der Waals surface area (Å²) in [5, 5.41) is 7.40. The minimum Gasteiger partial charge on any atom is -0.478 e. The van der Waals surface area contributed by atoms with Gasteiger partial charge in [-0.2, -0.15) is 18.2 Å². The van der Waals surface area contributed by atoms with Crippen LogP contribution < -0.4 is 4.74 Å². The van der Waals surface area contributed by atoms with Gasteiger partial charge in [-0.25, -0.2) is 4.98 Å². The third-order valence-electron chi connectivity index (χ3n) is 1.64. The lowest BCUT2D eigenvalue weighted by atomic mass is 10.4. The van der Waals surface area contributed by atoms with Gasteiger partial charge >= 0.3 is 6.18 Å². The van der Waals surface area contributed by atoms with Crippen molar-refractivity contribution in [1.82, 2.24) is 9.97 Å². The second kappa shape index (κ2) is 8.92. The molecule has 0 saturated carbocycles. The Bertz CT molecular complexity index is 373. The molecule has 4 nitrogen and oxygen atoms in total. The molecule has 0 bridgehead atoms. The second-order valence-corrected chi connectivity index (χ2v) is 3.77. The summed E-state index contributed by atoms with van der Waals surface area (Å²) < 4.78 is 41.7. The zero-order valence-corrected chi connectivity index (χ0v) is 11.4. The standard InChI is InChI=1S/C8H8ClF3N2O.C3H8O/c1-2-3-15-6-4-5(8(10,11)12)13-7(9)14-6;1-2-3-4/h4H,2-3H2,1H3;4H,2-3H2,1H3. The molecule has 0 aliphatic heterocycles. The molecule has 0 aliphatic carbocycles. The first-order valence-electron chi connectivity index (χ1n) is 5.70. The molecule has 0 radical (unpaired) electrons. The second-order valence-electron chi connectivity index (χ2n) is 3.43. The molecule has 8 heteroatoms. The van der Waals surface area contributed by atoms with E-state index in [4.69, 9.17) is 21.4 Å². The van der Waals surface area contributed by atoms with Gasteiger partial charge in [-0.1, -0.05) is 13.8 Å². The van der Waals surface area contributed by atoms with Crippen molar-refractivity contribution in [2.45, 2.75) is 32.9 Å². The summed E-state index contributed by atoms with van der Waals surface area (Å²) >= 11 is 5.33. The molecule has 19 heavy (non-hydrogen) atoms. The molecule has 0 unspecified atom stereocenters. The van der Waals surface area contributed by atoms with Crippen LogP contribution in [0.25, 0.3) is 0 Å².